The topological polar surface area (TPSA) is 72.2 Å². The molecule has 1 heterocycles. The number of aliphatic carboxylic acids is 1. The number of aromatic nitrogens is 2. The van der Waals surface area contributed by atoms with E-state index in [4.69, 9.17) is 5.11 Å². The van der Waals surface area contributed by atoms with Crippen molar-refractivity contribution in [3.05, 3.63) is 18.0 Å². The highest BCUT2D eigenvalue weighted by Gasteiger charge is 2.17. The first-order chi connectivity index (χ1) is 6.50. The van der Waals surface area contributed by atoms with Crippen LogP contribution in [-0.4, -0.2) is 26.6 Å². The van der Waals surface area contributed by atoms with Crippen LogP contribution in [0, 0.1) is 5.92 Å². The summed E-state index contributed by atoms with van der Waals surface area (Å²) in [6, 6.07) is 0. The minimum atomic E-state index is -0.956. The van der Waals surface area contributed by atoms with Gasteiger partial charge in [-0.15, -0.1) is 0 Å². The number of rotatable bonds is 4. The molecule has 1 aromatic rings. The van der Waals surface area contributed by atoms with E-state index in [-0.39, 0.29) is 12.2 Å². The Kier molecular flexibility index (Phi) is 3.01. The van der Waals surface area contributed by atoms with Crippen LogP contribution in [0.4, 0.5) is 0 Å². The zero-order chi connectivity index (χ0) is 10.7. The number of carboxylic acid groups (broad SMARTS) is 1. The lowest BCUT2D eigenvalue weighted by Crippen LogP contribution is -2.14. The van der Waals surface area contributed by atoms with Crippen molar-refractivity contribution in [3.63, 3.8) is 0 Å². The molecule has 0 aliphatic heterocycles. The third kappa shape index (κ3) is 2.42. The fraction of sp³-hybridized carbons (Fsp3) is 0.444. The lowest BCUT2D eigenvalue weighted by molar-refractivity contribution is -0.141. The predicted octanol–water partition coefficient (Wildman–Crippen LogP) is 0.714. The van der Waals surface area contributed by atoms with Gasteiger partial charge in [0.2, 0.25) is 0 Å². The molecule has 0 aliphatic rings. The van der Waals surface area contributed by atoms with E-state index >= 15 is 0 Å². The van der Waals surface area contributed by atoms with Gasteiger partial charge in [-0.05, 0) is 0 Å². The molecule has 0 bridgehead atoms. The second-order valence-electron chi connectivity index (χ2n) is 3.27. The Morgan fingerprint density at radius 1 is 1.64 bits per heavy atom. The minimum Gasteiger partial charge on any atom is -0.481 e. The molecule has 5 nitrogen and oxygen atoms in total. The van der Waals surface area contributed by atoms with Crippen LogP contribution in [0.5, 0.6) is 0 Å². The van der Waals surface area contributed by atoms with Crippen LogP contribution in [0.15, 0.2) is 12.4 Å². The third-order valence-electron chi connectivity index (χ3n) is 1.94. The summed E-state index contributed by atoms with van der Waals surface area (Å²) in [6.07, 6.45) is 3.04. The van der Waals surface area contributed by atoms with Crippen LogP contribution in [0.25, 0.3) is 0 Å². The van der Waals surface area contributed by atoms with Gasteiger partial charge in [0.15, 0.2) is 5.78 Å². The van der Waals surface area contributed by atoms with Crippen LogP contribution >= 0.6 is 0 Å². The molecule has 0 saturated carbocycles. The number of nitrogens with zero attached hydrogens (tertiary/aromatic N) is 2. The van der Waals surface area contributed by atoms with Gasteiger partial charge in [-0.25, -0.2) is 0 Å². The van der Waals surface area contributed by atoms with Gasteiger partial charge >= 0.3 is 5.97 Å². The maximum Gasteiger partial charge on any atom is 0.306 e. The maximum absolute atomic E-state index is 11.5. The summed E-state index contributed by atoms with van der Waals surface area (Å²) in [4.78, 5) is 22.0. The molecule has 0 radical (unpaired) electrons. The van der Waals surface area contributed by atoms with Crippen LogP contribution in [-0.2, 0) is 11.8 Å². The molecule has 0 aromatic carbocycles. The SMILES string of the molecule is CC(CC(=O)c1cnn(C)c1)C(=O)O. The highest BCUT2D eigenvalue weighted by Crippen LogP contribution is 2.08. The van der Waals surface area contributed by atoms with Crippen molar-refractivity contribution in [2.24, 2.45) is 13.0 Å². The molecule has 0 fully saturated rings. The zero-order valence-electron chi connectivity index (χ0n) is 8.10. The molecule has 5 heteroatoms. The number of Topliss-reactive ketones (excluding diaryl/α,β-unsaturated/α-hetero) is 1. The lowest BCUT2D eigenvalue weighted by atomic mass is 10.0. The van der Waals surface area contributed by atoms with E-state index in [1.54, 1.807) is 13.2 Å². The normalized spacial score (nSPS) is 12.4. The second kappa shape index (κ2) is 4.04. The van der Waals surface area contributed by atoms with E-state index in [1.165, 1.54) is 17.8 Å². The van der Waals surface area contributed by atoms with Crippen LogP contribution in [0.2, 0.25) is 0 Å². The molecule has 0 spiro atoms. The van der Waals surface area contributed by atoms with Crippen molar-refractivity contribution in [2.75, 3.05) is 0 Å². The number of ketones is 1. The van der Waals surface area contributed by atoms with E-state index in [0.717, 1.165) is 0 Å². The van der Waals surface area contributed by atoms with Crippen LogP contribution in [0.3, 0.4) is 0 Å². The quantitative estimate of drug-likeness (QED) is 0.720. The van der Waals surface area contributed by atoms with Gasteiger partial charge in [-0.2, -0.15) is 5.10 Å². The standard InChI is InChI=1S/C9H12N2O3/c1-6(9(13)14)3-8(12)7-4-10-11(2)5-7/h4-6H,3H2,1-2H3,(H,13,14). The molecular weight excluding hydrogens is 184 g/mol. The highest BCUT2D eigenvalue weighted by atomic mass is 16.4. The Morgan fingerprint density at radius 2 is 2.29 bits per heavy atom. The second-order valence-corrected chi connectivity index (χ2v) is 3.27. The molecule has 1 N–H and O–H groups in total. The smallest absolute Gasteiger partial charge is 0.306 e. The highest BCUT2D eigenvalue weighted by molar-refractivity contribution is 5.97. The van der Waals surface area contributed by atoms with Crippen molar-refractivity contribution in [2.45, 2.75) is 13.3 Å². The van der Waals surface area contributed by atoms with Crippen LogP contribution in [0.1, 0.15) is 23.7 Å². The Labute approximate surface area is 81.3 Å². The van der Waals surface area contributed by atoms with Gasteiger partial charge in [0.05, 0.1) is 17.7 Å². The number of aryl methyl sites for hydroxylation is 1. The maximum atomic E-state index is 11.5. The number of carbonyl (C=O) groups is 2. The molecule has 0 saturated heterocycles. The summed E-state index contributed by atoms with van der Waals surface area (Å²) in [6.45, 7) is 1.51. The Bertz CT molecular complexity index is 357. The summed E-state index contributed by atoms with van der Waals surface area (Å²) in [5.74, 6) is -1.79. The van der Waals surface area contributed by atoms with E-state index < -0.39 is 11.9 Å². The molecule has 1 unspecified atom stereocenters. The lowest BCUT2D eigenvalue weighted by Gasteiger charge is -2.02. The van der Waals surface area contributed by atoms with Crippen LogP contribution < -0.4 is 0 Å². The first-order valence-electron chi connectivity index (χ1n) is 4.25. The van der Waals surface area contributed by atoms with E-state index in [0.29, 0.717) is 5.56 Å². The molecule has 1 aromatic heterocycles. The molecular formula is C9H12N2O3. The summed E-state index contributed by atoms with van der Waals surface area (Å²) in [7, 11) is 1.71. The van der Waals surface area contributed by atoms with Crippen molar-refractivity contribution < 1.29 is 14.7 Å². The fourth-order valence-electron chi connectivity index (χ4n) is 1.05. The van der Waals surface area contributed by atoms with Gasteiger partial charge < -0.3 is 5.11 Å². The fourth-order valence-corrected chi connectivity index (χ4v) is 1.05. The predicted molar refractivity (Wildman–Crippen MR) is 49.0 cm³/mol. The number of carbonyl (C=O) groups excluding carboxylic acids is 1. The van der Waals surface area contributed by atoms with Crippen molar-refractivity contribution in [1.82, 2.24) is 9.78 Å². The van der Waals surface area contributed by atoms with Gasteiger partial charge in [0, 0.05) is 19.7 Å². The van der Waals surface area contributed by atoms with Gasteiger partial charge in [-0.3, -0.25) is 14.3 Å². The molecule has 1 rings (SSSR count). The molecule has 14 heavy (non-hydrogen) atoms. The average Bonchev–Trinajstić information content (AvgIpc) is 2.51. The number of hydrogen-bond donors (Lipinski definition) is 1. The molecule has 1 atom stereocenters. The number of hydrogen-bond acceptors (Lipinski definition) is 3. The third-order valence-corrected chi connectivity index (χ3v) is 1.94. The first kappa shape index (κ1) is 10.4. The molecule has 0 aliphatic carbocycles. The summed E-state index contributed by atoms with van der Waals surface area (Å²) < 4.78 is 1.51. The summed E-state index contributed by atoms with van der Waals surface area (Å²) >= 11 is 0. The Balaban J connectivity index is 2.63. The molecule has 76 valence electrons. The van der Waals surface area contributed by atoms with Crippen molar-refractivity contribution >= 4 is 11.8 Å². The summed E-state index contributed by atoms with van der Waals surface area (Å²) in [5.41, 5.74) is 0.459. The van der Waals surface area contributed by atoms with E-state index in [2.05, 4.69) is 5.10 Å². The van der Waals surface area contributed by atoms with Crippen molar-refractivity contribution in [3.8, 4) is 0 Å². The van der Waals surface area contributed by atoms with Gasteiger partial charge in [0.25, 0.3) is 0 Å². The number of carboxylic acids is 1. The Hall–Kier alpha value is -1.65. The first-order valence-corrected chi connectivity index (χ1v) is 4.25. The largest absolute Gasteiger partial charge is 0.481 e. The summed E-state index contributed by atoms with van der Waals surface area (Å²) in [5, 5.41) is 12.4. The minimum absolute atomic E-state index is 0.0149. The zero-order valence-corrected chi connectivity index (χ0v) is 8.10. The van der Waals surface area contributed by atoms with E-state index in [9.17, 15) is 9.59 Å². The monoisotopic (exact) mass is 196 g/mol. The Morgan fingerprint density at radius 3 is 2.71 bits per heavy atom. The molecule has 0 amide bonds. The van der Waals surface area contributed by atoms with E-state index in [1.807, 2.05) is 0 Å². The van der Waals surface area contributed by atoms with Gasteiger partial charge in [-0.1, -0.05) is 6.92 Å². The van der Waals surface area contributed by atoms with Gasteiger partial charge in [0.1, 0.15) is 0 Å². The van der Waals surface area contributed by atoms with Crippen molar-refractivity contribution in [1.29, 1.82) is 0 Å². The average molecular weight is 196 g/mol.